The van der Waals surface area contributed by atoms with Crippen molar-refractivity contribution in [3.63, 3.8) is 0 Å². The molecule has 1 aliphatic heterocycles. The summed E-state index contributed by atoms with van der Waals surface area (Å²) in [5, 5.41) is 5.52. The van der Waals surface area contributed by atoms with Gasteiger partial charge in [-0.2, -0.15) is 0 Å². The number of hydrogen-bond acceptors (Lipinski definition) is 7. The van der Waals surface area contributed by atoms with Crippen LogP contribution in [-0.2, 0) is 20.9 Å². The molecular formula is C19H21N3O5S. The van der Waals surface area contributed by atoms with Crippen molar-refractivity contribution in [1.82, 2.24) is 10.3 Å². The Labute approximate surface area is 166 Å². The second-order valence-corrected chi connectivity index (χ2v) is 7.27. The van der Waals surface area contributed by atoms with Gasteiger partial charge >= 0.3 is 6.09 Å². The van der Waals surface area contributed by atoms with Gasteiger partial charge in [-0.05, 0) is 12.0 Å². The lowest BCUT2D eigenvalue weighted by atomic mass is 10.0. The average molecular weight is 403 g/mol. The van der Waals surface area contributed by atoms with Crippen LogP contribution in [0, 0.1) is 5.92 Å². The first-order valence-electron chi connectivity index (χ1n) is 8.94. The molecule has 2 amide bonds. The number of hydrogen-bond donors (Lipinski definition) is 2. The van der Waals surface area contributed by atoms with E-state index in [-0.39, 0.29) is 37.2 Å². The van der Waals surface area contributed by atoms with E-state index in [4.69, 9.17) is 9.47 Å². The zero-order valence-corrected chi connectivity index (χ0v) is 16.0. The van der Waals surface area contributed by atoms with Gasteiger partial charge < -0.3 is 20.1 Å². The molecule has 148 valence electrons. The Balaban J connectivity index is 1.35. The van der Waals surface area contributed by atoms with E-state index in [9.17, 15) is 14.4 Å². The predicted molar refractivity (Wildman–Crippen MR) is 103 cm³/mol. The molecule has 1 saturated heterocycles. The van der Waals surface area contributed by atoms with E-state index >= 15 is 0 Å². The summed E-state index contributed by atoms with van der Waals surface area (Å²) in [6.07, 6.45) is 1.67. The Hall–Kier alpha value is -2.78. The molecule has 1 atom stereocenters. The van der Waals surface area contributed by atoms with Crippen LogP contribution in [0.1, 0.15) is 28.1 Å². The summed E-state index contributed by atoms with van der Waals surface area (Å²) in [6.45, 7) is 1.33. The van der Waals surface area contributed by atoms with Crippen molar-refractivity contribution < 1.29 is 23.9 Å². The van der Waals surface area contributed by atoms with Gasteiger partial charge in [0, 0.05) is 25.5 Å². The smallest absolute Gasteiger partial charge is 0.407 e. The van der Waals surface area contributed by atoms with E-state index in [1.165, 1.54) is 6.20 Å². The highest BCUT2D eigenvalue weighted by atomic mass is 32.1. The van der Waals surface area contributed by atoms with Crippen LogP contribution in [0.4, 0.5) is 9.93 Å². The number of carbonyl (C=O) groups excluding carboxylic acids is 3. The van der Waals surface area contributed by atoms with Crippen molar-refractivity contribution in [2.75, 3.05) is 25.1 Å². The lowest BCUT2D eigenvalue weighted by Crippen LogP contribution is -2.28. The molecule has 1 unspecified atom stereocenters. The fourth-order valence-electron chi connectivity index (χ4n) is 2.62. The fraction of sp³-hybridized carbons (Fsp3) is 0.368. The molecule has 2 heterocycles. The standard InChI is InChI=1S/C19H21N3O5S/c23-16(6-8-20-19(25)27-11-13-4-2-1-3-5-13)22-18-21-10-15(28-18)17(24)14-7-9-26-12-14/h1-5,10,14H,6-9,11-12H2,(H,20,25)(H,21,22,23). The van der Waals surface area contributed by atoms with Crippen LogP contribution in [0.5, 0.6) is 0 Å². The van der Waals surface area contributed by atoms with Crippen LogP contribution in [-0.4, -0.2) is 42.5 Å². The Morgan fingerprint density at radius 2 is 2.07 bits per heavy atom. The third-order valence-corrected chi connectivity index (χ3v) is 5.06. The van der Waals surface area contributed by atoms with Gasteiger partial charge in [-0.15, -0.1) is 0 Å². The Kier molecular flexibility index (Phi) is 7.10. The number of nitrogens with zero attached hydrogens (tertiary/aromatic N) is 1. The number of alkyl carbamates (subject to hydrolysis) is 1. The molecule has 2 N–H and O–H groups in total. The maximum absolute atomic E-state index is 12.3. The number of ketones is 1. The van der Waals surface area contributed by atoms with Gasteiger partial charge in [-0.3, -0.25) is 9.59 Å². The van der Waals surface area contributed by atoms with Gasteiger partial charge in [-0.1, -0.05) is 41.7 Å². The van der Waals surface area contributed by atoms with Crippen molar-refractivity contribution in [1.29, 1.82) is 0 Å². The number of anilines is 1. The lowest BCUT2D eigenvalue weighted by Gasteiger charge is -2.07. The molecule has 1 aromatic carbocycles. The summed E-state index contributed by atoms with van der Waals surface area (Å²) in [6, 6.07) is 9.31. The van der Waals surface area contributed by atoms with Crippen LogP contribution in [0.25, 0.3) is 0 Å². The molecule has 2 aromatic rings. The van der Waals surface area contributed by atoms with E-state index in [0.29, 0.717) is 29.6 Å². The topological polar surface area (TPSA) is 107 Å². The van der Waals surface area contributed by atoms with Crippen molar-refractivity contribution in [3.8, 4) is 0 Å². The minimum absolute atomic E-state index is 0.00155. The molecule has 3 rings (SSSR count). The monoisotopic (exact) mass is 403 g/mol. The van der Waals surface area contributed by atoms with Crippen molar-refractivity contribution in [2.45, 2.75) is 19.4 Å². The van der Waals surface area contributed by atoms with Crippen molar-refractivity contribution >= 4 is 34.3 Å². The van der Waals surface area contributed by atoms with Gasteiger partial charge in [0.25, 0.3) is 0 Å². The molecule has 9 heteroatoms. The number of thiazole rings is 1. The Morgan fingerprint density at radius 1 is 1.25 bits per heavy atom. The summed E-state index contributed by atoms with van der Waals surface area (Å²) in [5.74, 6) is -0.436. The zero-order chi connectivity index (χ0) is 19.8. The van der Waals surface area contributed by atoms with Crippen LogP contribution < -0.4 is 10.6 Å². The highest BCUT2D eigenvalue weighted by molar-refractivity contribution is 7.17. The third-order valence-electron chi connectivity index (χ3n) is 4.13. The van der Waals surface area contributed by atoms with E-state index in [2.05, 4.69) is 15.6 Å². The van der Waals surface area contributed by atoms with Gasteiger partial charge in [0.1, 0.15) is 6.61 Å². The van der Waals surface area contributed by atoms with Gasteiger partial charge in [0.2, 0.25) is 5.91 Å². The Bertz CT molecular complexity index is 818. The first kappa shape index (κ1) is 20.0. The maximum Gasteiger partial charge on any atom is 0.407 e. The molecule has 0 radical (unpaired) electrons. The van der Waals surface area contributed by atoms with Crippen molar-refractivity contribution in [2.24, 2.45) is 5.92 Å². The molecular weight excluding hydrogens is 382 g/mol. The van der Waals surface area contributed by atoms with Gasteiger partial charge in [0.05, 0.1) is 17.7 Å². The second-order valence-electron chi connectivity index (χ2n) is 6.24. The van der Waals surface area contributed by atoms with E-state index in [0.717, 1.165) is 16.9 Å². The largest absolute Gasteiger partial charge is 0.445 e. The van der Waals surface area contributed by atoms with Gasteiger partial charge in [0.15, 0.2) is 10.9 Å². The summed E-state index contributed by atoms with van der Waals surface area (Å²) in [4.78, 5) is 40.5. The summed E-state index contributed by atoms with van der Waals surface area (Å²) in [7, 11) is 0. The molecule has 0 bridgehead atoms. The minimum Gasteiger partial charge on any atom is -0.445 e. The summed E-state index contributed by atoms with van der Waals surface area (Å²) < 4.78 is 10.3. The number of ether oxygens (including phenoxy) is 2. The predicted octanol–water partition coefficient (Wildman–Crippen LogP) is 2.62. The van der Waals surface area contributed by atoms with Crippen molar-refractivity contribution in [3.05, 3.63) is 47.0 Å². The zero-order valence-electron chi connectivity index (χ0n) is 15.2. The SMILES string of the molecule is O=C(CCNC(=O)OCc1ccccc1)Nc1ncc(C(=O)C2CCOC2)s1. The molecule has 8 nitrogen and oxygen atoms in total. The van der Waals surface area contributed by atoms with Crippen LogP contribution in [0.2, 0.25) is 0 Å². The van der Waals surface area contributed by atoms with E-state index in [1.54, 1.807) is 0 Å². The van der Waals surface area contributed by atoms with Crippen LogP contribution in [0.3, 0.4) is 0 Å². The number of aromatic nitrogens is 1. The van der Waals surface area contributed by atoms with E-state index < -0.39 is 6.09 Å². The molecule has 0 aliphatic carbocycles. The average Bonchev–Trinajstić information content (AvgIpc) is 3.39. The number of Topliss-reactive ketones (excluding diaryl/α,β-unsaturated/α-hetero) is 1. The highest BCUT2D eigenvalue weighted by Gasteiger charge is 2.26. The fourth-order valence-corrected chi connectivity index (χ4v) is 3.47. The minimum atomic E-state index is -0.586. The number of carbonyl (C=O) groups is 3. The molecule has 1 aliphatic rings. The van der Waals surface area contributed by atoms with Crippen LogP contribution >= 0.6 is 11.3 Å². The van der Waals surface area contributed by atoms with Gasteiger partial charge in [-0.25, -0.2) is 9.78 Å². The molecule has 0 spiro atoms. The van der Waals surface area contributed by atoms with E-state index in [1.807, 2.05) is 30.3 Å². The first-order valence-corrected chi connectivity index (χ1v) is 9.75. The number of nitrogens with one attached hydrogen (secondary N) is 2. The summed E-state index contributed by atoms with van der Waals surface area (Å²) >= 11 is 1.14. The molecule has 1 aromatic heterocycles. The Morgan fingerprint density at radius 3 is 2.82 bits per heavy atom. The normalized spacial score (nSPS) is 15.8. The first-order chi connectivity index (χ1) is 13.6. The number of amides is 2. The lowest BCUT2D eigenvalue weighted by molar-refractivity contribution is -0.116. The molecule has 0 saturated carbocycles. The number of benzene rings is 1. The third kappa shape index (κ3) is 5.86. The molecule has 1 fully saturated rings. The highest BCUT2D eigenvalue weighted by Crippen LogP contribution is 2.24. The van der Waals surface area contributed by atoms with Crippen LogP contribution in [0.15, 0.2) is 36.5 Å². The quantitative estimate of drug-likeness (QED) is 0.656. The maximum atomic E-state index is 12.3. The number of rotatable bonds is 8. The molecule has 28 heavy (non-hydrogen) atoms. The second kappa shape index (κ2) is 9.95. The summed E-state index contributed by atoms with van der Waals surface area (Å²) in [5.41, 5.74) is 0.883.